The summed E-state index contributed by atoms with van der Waals surface area (Å²) in [4.78, 5) is 0. The molecule has 0 saturated heterocycles. The fourth-order valence-corrected chi connectivity index (χ4v) is 1.87. The molecule has 14 heavy (non-hydrogen) atoms. The first-order chi connectivity index (χ1) is 6.83. The molecule has 0 aliphatic carbocycles. The zero-order valence-corrected chi connectivity index (χ0v) is 9.66. The molecule has 2 aromatic rings. The van der Waals surface area contributed by atoms with Gasteiger partial charge >= 0.3 is 0 Å². The van der Waals surface area contributed by atoms with Gasteiger partial charge in [-0.2, -0.15) is 0 Å². The predicted octanol–water partition coefficient (Wildman–Crippen LogP) is 2.99. The van der Waals surface area contributed by atoms with E-state index in [1.54, 1.807) is 0 Å². The van der Waals surface area contributed by atoms with Crippen molar-refractivity contribution in [1.82, 2.24) is 15.0 Å². The van der Waals surface area contributed by atoms with Crippen molar-refractivity contribution in [2.24, 2.45) is 0 Å². The van der Waals surface area contributed by atoms with Gasteiger partial charge in [0.1, 0.15) is 5.52 Å². The average Bonchev–Trinajstić information content (AvgIpc) is 2.60. The molecule has 1 aromatic heterocycles. The Labute approximate surface area is 91.2 Å². The van der Waals surface area contributed by atoms with Gasteiger partial charge in [-0.1, -0.05) is 24.6 Å². The minimum atomic E-state index is 0.948. The molecule has 1 heterocycles. The molecule has 2 rings (SSSR count). The maximum atomic E-state index is 4.14. The standard InChI is InChI=1S/C10H12BrN3/c1-2-3-7-14-9-6-4-5-8(11)10(9)12-13-14/h4-6H,2-3,7H2,1H3. The molecule has 0 unspecified atom stereocenters. The van der Waals surface area contributed by atoms with E-state index in [2.05, 4.69) is 39.2 Å². The first-order valence-electron chi connectivity index (χ1n) is 4.80. The van der Waals surface area contributed by atoms with Crippen LogP contribution in [0.1, 0.15) is 19.8 Å². The number of benzene rings is 1. The highest BCUT2D eigenvalue weighted by Crippen LogP contribution is 2.21. The van der Waals surface area contributed by atoms with Crippen molar-refractivity contribution in [3.63, 3.8) is 0 Å². The van der Waals surface area contributed by atoms with E-state index in [-0.39, 0.29) is 0 Å². The van der Waals surface area contributed by atoms with Crippen LogP contribution in [0.3, 0.4) is 0 Å². The van der Waals surface area contributed by atoms with E-state index in [0.717, 1.165) is 28.5 Å². The molecule has 0 fully saturated rings. The number of fused-ring (bicyclic) bond motifs is 1. The SMILES string of the molecule is CCCCn1nnc2c(Br)cccc21. The van der Waals surface area contributed by atoms with Crippen LogP contribution in [0.25, 0.3) is 11.0 Å². The zero-order chi connectivity index (χ0) is 9.97. The second-order valence-electron chi connectivity index (χ2n) is 3.27. The summed E-state index contributed by atoms with van der Waals surface area (Å²) >= 11 is 3.46. The Morgan fingerprint density at radius 2 is 2.29 bits per heavy atom. The van der Waals surface area contributed by atoms with Gasteiger partial charge in [0, 0.05) is 11.0 Å². The molecule has 0 aliphatic heterocycles. The number of nitrogens with zero attached hydrogens (tertiary/aromatic N) is 3. The van der Waals surface area contributed by atoms with Gasteiger partial charge in [0.15, 0.2) is 0 Å². The Kier molecular flexibility index (Phi) is 2.82. The number of aromatic nitrogens is 3. The first-order valence-corrected chi connectivity index (χ1v) is 5.60. The summed E-state index contributed by atoms with van der Waals surface area (Å²) in [5.41, 5.74) is 2.05. The second-order valence-corrected chi connectivity index (χ2v) is 4.13. The minimum absolute atomic E-state index is 0.948. The van der Waals surface area contributed by atoms with E-state index in [4.69, 9.17) is 0 Å². The van der Waals surface area contributed by atoms with Gasteiger partial charge < -0.3 is 0 Å². The van der Waals surface area contributed by atoms with E-state index >= 15 is 0 Å². The van der Waals surface area contributed by atoms with Gasteiger partial charge in [0.25, 0.3) is 0 Å². The van der Waals surface area contributed by atoms with E-state index in [1.807, 2.05) is 16.8 Å². The number of hydrogen-bond donors (Lipinski definition) is 0. The molecule has 0 amide bonds. The summed E-state index contributed by atoms with van der Waals surface area (Å²) in [6.07, 6.45) is 2.32. The molecule has 0 bridgehead atoms. The fraction of sp³-hybridized carbons (Fsp3) is 0.400. The lowest BCUT2D eigenvalue weighted by molar-refractivity contribution is 0.567. The molecule has 4 heteroatoms. The molecule has 0 spiro atoms. The Balaban J connectivity index is 2.42. The van der Waals surface area contributed by atoms with Gasteiger partial charge in [-0.15, -0.1) is 5.10 Å². The Hall–Kier alpha value is -0.900. The summed E-state index contributed by atoms with van der Waals surface area (Å²) in [6, 6.07) is 6.05. The molecular formula is C10H12BrN3. The van der Waals surface area contributed by atoms with Crippen LogP contribution in [-0.2, 0) is 6.54 Å². The van der Waals surface area contributed by atoms with Gasteiger partial charge in [-0.3, -0.25) is 0 Å². The third-order valence-electron chi connectivity index (χ3n) is 2.22. The normalized spacial score (nSPS) is 11.0. The van der Waals surface area contributed by atoms with Crippen molar-refractivity contribution in [2.45, 2.75) is 26.3 Å². The average molecular weight is 254 g/mol. The van der Waals surface area contributed by atoms with E-state index in [9.17, 15) is 0 Å². The predicted molar refractivity (Wildman–Crippen MR) is 60.1 cm³/mol. The summed E-state index contributed by atoms with van der Waals surface area (Å²) in [5.74, 6) is 0. The quantitative estimate of drug-likeness (QED) is 0.842. The van der Waals surface area contributed by atoms with Crippen molar-refractivity contribution < 1.29 is 0 Å². The van der Waals surface area contributed by atoms with Crippen LogP contribution < -0.4 is 0 Å². The highest BCUT2D eigenvalue weighted by Gasteiger charge is 2.05. The van der Waals surface area contributed by atoms with Gasteiger partial charge in [-0.05, 0) is 34.5 Å². The molecule has 0 atom stereocenters. The van der Waals surface area contributed by atoms with Gasteiger partial charge in [-0.25, -0.2) is 4.68 Å². The summed E-state index contributed by atoms with van der Waals surface area (Å²) < 4.78 is 2.97. The zero-order valence-electron chi connectivity index (χ0n) is 8.07. The van der Waals surface area contributed by atoms with Crippen molar-refractivity contribution in [2.75, 3.05) is 0 Å². The highest BCUT2D eigenvalue weighted by molar-refractivity contribution is 9.10. The van der Waals surface area contributed by atoms with Crippen LogP contribution in [0.15, 0.2) is 22.7 Å². The van der Waals surface area contributed by atoms with Crippen molar-refractivity contribution in [1.29, 1.82) is 0 Å². The Bertz CT molecular complexity index is 436. The van der Waals surface area contributed by atoms with Crippen LogP contribution in [-0.4, -0.2) is 15.0 Å². The molecular weight excluding hydrogens is 242 g/mol. The molecule has 3 nitrogen and oxygen atoms in total. The maximum absolute atomic E-state index is 4.14. The third kappa shape index (κ3) is 1.66. The van der Waals surface area contributed by atoms with Crippen molar-refractivity contribution in [3.8, 4) is 0 Å². The number of aryl methyl sites for hydroxylation is 1. The molecule has 0 N–H and O–H groups in total. The number of rotatable bonds is 3. The summed E-state index contributed by atoms with van der Waals surface area (Å²) in [6.45, 7) is 3.12. The lowest BCUT2D eigenvalue weighted by Gasteiger charge is -1.99. The number of hydrogen-bond acceptors (Lipinski definition) is 2. The Morgan fingerprint density at radius 3 is 3.07 bits per heavy atom. The smallest absolute Gasteiger partial charge is 0.127 e. The minimum Gasteiger partial charge on any atom is -0.245 e. The lowest BCUT2D eigenvalue weighted by atomic mass is 10.3. The molecule has 74 valence electrons. The highest BCUT2D eigenvalue weighted by atomic mass is 79.9. The summed E-state index contributed by atoms with van der Waals surface area (Å²) in [7, 11) is 0. The molecule has 1 aromatic carbocycles. The van der Waals surface area contributed by atoms with Crippen LogP contribution in [0.4, 0.5) is 0 Å². The third-order valence-corrected chi connectivity index (χ3v) is 2.86. The summed E-state index contributed by atoms with van der Waals surface area (Å²) in [5, 5.41) is 8.27. The van der Waals surface area contributed by atoms with Crippen LogP contribution >= 0.6 is 15.9 Å². The van der Waals surface area contributed by atoms with Gasteiger partial charge in [0.05, 0.1) is 5.52 Å². The monoisotopic (exact) mass is 253 g/mol. The topological polar surface area (TPSA) is 30.7 Å². The Morgan fingerprint density at radius 1 is 1.43 bits per heavy atom. The van der Waals surface area contributed by atoms with Crippen LogP contribution in [0.2, 0.25) is 0 Å². The van der Waals surface area contributed by atoms with E-state index < -0.39 is 0 Å². The molecule has 0 aliphatic rings. The number of halogens is 1. The van der Waals surface area contributed by atoms with E-state index in [0.29, 0.717) is 0 Å². The van der Waals surface area contributed by atoms with E-state index in [1.165, 1.54) is 6.42 Å². The second kappa shape index (κ2) is 4.09. The fourth-order valence-electron chi connectivity index (χ4n) is 1.43. The lowest BCUT2D eigenvalue weighted by Crippen LogP contribution is -1.99. The largest absolute Gasteiger partial charge is 0.245 e. The van der Waals surface area contributed by atoms with Crippen LogP contribution in [0.5, 0.6) is 0 Å². The van der Waals surface area contributed by atoms with Crippen molar-refractivity contribution >= 4 is 27.0 Å². The molecule has 0 radical (unpaired) electrons. The maximum Gasteiger partial charge on any atom is 0.127 e. The van der Waals surface area contributed by atoms with Gasteiger partial charge in [0.2, 0.25) is 0 Å². The molecule has 0 saturated carbocycles. The first kappa shape index (κ1) is 9.65. The number of unbranched alkanes of at least 4 members (excludes halogenated alkanes) is 1. The van der Waals surface area contributed by atoms with Crippen molar-refractivity contribution in [3.05, 3.63) is 22.7 Å². The van der Waals surface area contributed by atoms with Crippen LogP contribution in [0, 0.1) is 0 Å².